The molecular weight excluding hydrogens is 429 g/mol. The van der Waals surface area contributed by atoms with E-state index in [1.165, 1.54) is 5.56 Å². The zero-order valence-electron chi connectivity index (χ0n) is 15.6. The lowest BCUT2D eigenvalue weighted by Crippen LogP contribution is -2.39. The van der Waals surface area contributed by atoms with Crippen molar-refractivity contribution >= 4 is 29.9 Å². The SMILES string of the molecule is CCNC(=NCC1CCCO1)NCCOc1ccccc1C(C)C.I. The molecule has 1 aliphatic heterocycles. The topological polar surface area (TPSA) is 54.9 Å². The fourth-order valence-corrected chi connectivity index (χ4v) is 2.74. The third-order valence-electron chi connectivity index (χ3n) is 4.01. The van der Waals surface area contributed by atoms with E-state index >= 15 is 0 Å². The molecule has 1 aromatic rings. The van der Waals surface area contributed by atoms with Gasteiger partial charge in [0.15, 0.2) is 5.96 Å². The van der Waals surface area contributed by atoms with Crippen LogP contribution in [0.4, 0.5) is 0 Å². The Morgan fingerprint density at radius 3 is 2.80 bits per heavy atom. The Hall–Kier alpha value is -1.02. The predicted molar refractivity (Wildman–Crippen MR) is 114 cm³/mol. The Morgan fingerprint density at radius 2 is 2.12 bits per heavy atom. The number of rotatable bonds is 8. The minimum atomic E-state index is 0. The highest BCUT2D eigenvalue weighted by atomic mass is 127. The fraction of sp³-hybridized carbons (Fsp3) is 0.632. The standard InChI is InChI=1S/C19H31N3O2.HI/c1-4-20-19(22-14-16-8-7-12-23-16)21-11-13-24-18-10-6-5-9-17(18)15(2)3;/h5-6,9-10,15-16H,4,7-8,11-14H2,1-3H3,(H2,20,21,22);1H. The van der Waals surface area contributed by atoms with E-state index in [1.54, 1.807) is 0 Å². The maximum atomic E-state index is 5.93. The Morgan fingerprint density at radius 1 is 1.32 bits per heavy atom. The molecule has 0 aromatic heterocycles. The number of para-hydroxylation sites is 1. The summed E-state index contributed by atoms with van der Waals surface area (Å²) in [7, 11) is 0. The van der Waals surface area contributed by atoms with Crippen LogP contribution >= 0.6 is 24.0 Å². The number of aliphatic imine (C=N–C) groups is 1. The van der Waals surface area contributed by atoms with Gasteiger partial charge in [0, 0.05) is 13.2 Å². The molecule has 142 valence electrons. The number of benzene rings is 1. The molecule has 6 heteroatoms. The third-order valence-corrected chi connectivity index (χ3v) is 4.01. The smallest absolute Gasteiger partial charge is 0.191 e. The minimum Gasteiger partial charge on any atom is -0.491 e. The maximum absolute atomic E-state index is 5.93. The second-order valence-electron chi connectivity index (χ2n) is 6.32. The zero-order valence-corrected chi connectivity index (χ0v) is 17.9. The summed E-state index contributed by atoms with van der Waals surface area (Å²) in [5.41, 5.74) is 1.25. The van der Waals surface area contributed by atoms with E-state index in [-0.39, 0.29) is 30.1 Å². The van der Waals surface area contributed by atoms with Crippen molar-refractivity contribution < 1.29 is 9.47 Å². The van der Waals surface area contributed by atoms with Gasteiger partial charge in [0.25, 0.3) is 0 Å². The van der Waals surface area contributed by atoms with Gasteiger partial charge in [0.1, 0.15) is 12.4 Å². The van der Waals surface area contributed by atoms with Gasteiger partial charge in [-0.05, 0) is 37.3 Å². The predicted octanol–water partition coefficient (Wildman–Crippen LogP) is 3.54. The number of nitrogens with zero attached hydrogens (tertiary/aromatic N) is 1. The number of guanidine groups is 1. The first-order valence-corrected chi connectivity index (χ1v) is 9.06. The van der Waals surface area contributed by atoms with Gasteiger partial charge < -0.3 is 20.1 Å². The van der Waals surface area contributed by atoms with Gasteiger partial charge in [-0.25, -0.2) is 0 Å². The number of halogens is 1. The number of ether oxygens (including phenoxy) is 2. The van der Waals surface area contributed by atoms with Crippen molar-refractivity contribution in [2.75, 3.05) is 32.8 Å². The Labute approximate surface area is 169 Å². The molecule has 0 radical (unpaired) electrons. The molecule has 2 rings (SSSR count). The molecule has 1 unspecified atom stereocenters. The van der Waals surface area contributed by atoms with E-state index in [0.717, 1.165) is 37.7 Å². The van der Waals surface area contributed by atoms with Crippen LogP contribution in [0.25, 0.3) is 0 Å². The van der Waals surface area contributed by atoms with Crippen LogP contribution in [0.15, 0.2) is 29.3 Å². The van der Waals surface area contributed by atoms with Gasteiger partial charge in [-0.15, -0.1) is 24.0 Å². The van der Waals surface area contributed by atoms with E-state index < -0.39 is 0 Å². The lowest BCUT2D eigenvalue weighted by molar-refractivity contribution is 0.117. The van der Waals surface area contributed by atoms with E-state index in [9.17, 15) is 0 Å². The summed E-state index contributed by atoms with van der Waals surface area (Å²) in [4.78, 5) is 4.60. The minimum absolute atomic E-state index is 0. The van der Waals surface area contributed by atoms with Gasteiger partial charge in [-0.3, -0.25) is 4.99 Å². The van der Waals surface area contributed by atoms with Gasteiger partial charge in [0.2, 0.25) is 0 Å². The average molecular weight is 461 g/mol. The molecule has 2 N–H and O–H groups in total. The highest BCUT2D eigenvalue weighted by molar-refractivity contribution is 14.0. The molecule has 25 heavy (non-hydrogen) atoms. The molecule has 1 saturated heterocycles. The van der Waals surface area contributed by atoms with Crippen LogP contribution in [-0.2, 0) is 4.74 Å². The highest BCUT2D eigenvalue weighted by Gasteiger charge is 2.14. The van der Waals surface area contributed by atoms with E-state index in [1.807, 2.05) is 12.1 Å². The summed E-state index contributed by atoms with van der Waals surface area (Å²) in [5.74, 6) is 2.25. The third kappa shape index (κ3) is 7.81. The molecule has 0 saturated carbocycles. The van der Waals surface area contributed by atoms with Crippen molar-refractivity contribution in [1.29, 1.82) is 0 Å². The van der Waals surface area contributed by atoms with Crippen LogP contribution in [0.3, 0.4) is 0 Å². The van der Waals surface area contributed by atoms with Crippen LogP contribution in [0.2, 0.25) is 0 Å². The van der Waals surface area contributed by atoms with Gasteiger partial charge >= 0.3 is 0 Å². The maximum Gasteiger partial charge on any atom is 0.191 e. The second kappa shape index (κ2) is 12.4. The summed E-state index contributed by atoms with van der Waals surface area (Å²) >= 11 is 0. The van der Waals surface area contributed by atoms with Gasteiger partial charge in [-0.1, -0.05) is 32.0 Å². The van der Waals surface area contributed by atoms with Crippen LogP contribution in [0.5, 0.6) is 5.75 Å². The molecule has 1 fully saturated rings. The van der Waals surface area contributed by atoms with Crippen LogP contribution < -0.4 is 15.4 Å². The molecule has 0 amide bonds. The molecule has 1 atom stereocenters. The van der Waals surface area contributed by atoms with E-state index in [0.29, 0.717) is 25.6 Å². The number of hydrogen-bond acceptors (Lipinski definition) is 3. The Kier molecular flexibility index (Phi) is 10.9. The van der Waals surface area contributed by atoms with Crippen LogP contribution in [-0.4, -0.2) is 44.9 Å². The second-order valence-corrected chi connectivity index (χ2v) is 6.32. The normalized spacial score (nSPS) is 17.3. The molecule has 0 bridgehead atoms. The largest absolute Gasteiger partial charge is 0.491 e. The summed E-state index contributed by atoms with van der Waals surface area (Å²) < 4.78 is 11.5. The summed E-state index contributed by atoms with van der Waals surface area (Å²) in [5, 5.41) is 6.58. The fourth-order valence-electron chi connectivity index (χ4n) is 2.74. The highest BCUT2D eigenvalue weighted by Crippen LogP contribution is 2.25. The monoisotopic (exact) mass is 461 g/mol. The molecule has 0 spiro atoms. The Balaban J connectivity index is 0.00000312. The lowest BCUT2D eigenvalue weighted by atomic mass is 10.0. The first kappa shape index (κ1) is 22.0. The molecule has 0 aliphatic carbocycles. The lowest BCUT2D eigenvalue weighted by Gasteiger charge is -2.15. The number of hydrogen-bond donors (Lipinski definition) is 2. The van der Waals surface area contributed by atoms with E-state index in [2.05, 4.69) is 48.5 Å². The molecule has 1 aliphatic rings. The number of nitrogens with one attached hydrogen (secondary N) is 2. The summed E-state index contributed by atoms with van der Waals surface area (Å²) in [6.45, 7) is 10.2. The summed E-state index contributed by atoms with van der Waals surface area (Å²) in [6.07, 6.45) is 2.53. The van der Waals surface area contributed by atoms with Crippen LogP contribution in [0, 0.1) is 0 Å². The average Bonchev–Trinajstić information content (AvgIpc) is 3.10. The molecule has 5 nitrogen and oxygen atoms in total. The van der Waals surface area contributed by atoms with Gasteiger partial charge in [-0.2, -0.15) is 0 Å². The van der Waals surface area contributed by atoms with Crippen molar-refractivity contribution in [3.05, 3.63) is 29.8 Å². The van der Waals surface area contributed by atoms with Crippen molar-refractivity contribution in [2.45, 2.75) is 45.6 Å². The first-order valence-electron chi connectivity index (χ1n) is 9.06. The summed E-state index contributed by atoms with van der Waals surface area (Å²) in [6, 6.07) is 8.23. The van der Waals surface area contributed by atoms with Crippen molar-refractivity contribution in [3.63, 3.8) is 0 Å². The molecule has 1 heterocycles. The van der Waals surface area contributed by atoms with E-state index in [4.69, 9.17) is 9.47 Å². The van der Waals surface area contributed by atoms with Crippen molar-refractivity contribution in [1.82, 2.24) is 10.6 Å². The molecule has 1 aromatic carbocycles. The van der Waals surface area contributed by atoms with Crippen LogP contribution in [0.1, 0.15) is 45.1 Å². The molecular formula is C19H32IN3O2. The van der Waals surface area contributed by atoms with Crippen molar-refractivity contribution in [2.24, 2.45) is 4.99 Å². The van der Waals surface area contributed by atoms with Gasteiger partial charge in [0.05, 0.1) is 19.2 Å². The quantitative estimate of drug-likeness (QED) is 0.269. The zero-order chi connectivity index (χ0) is 17.2. The van der Waals surface area contributed by atoms with Crippen molar-refractivity contribution in [3.8, 4) is 5.75 Å². The first-order chi connectivity index (χ1) is 11.7. The Bertz CT molecular complexity index is 517.